The predicted octanol–water partition coefficient (Wildman–Crippen LogP) is 1.07. The Morgan fingerprint density at radius 1 is 1.19 bits per heavy atom. The molecular weight excluding hydrogens is 332 g/mol. The van der Waals surface area contributed by atoms with Crippen LogP contribution < -0.4 is 5.32 Å². The number of likely N-dealkylation sites (tertiary alicyclic amines) is 1. The Morgan fingerprint density at radius 2 is 1.92 bits per heavy atom. The van der Waals surface area contributed by atoms with Crippen LogP contribution in [0.5, 0.6) is 0 Å². The summed E-state index contributed by atoms with van der Waals surface area (Å²) in [7, 11) is 1.79. The SMILES string of the molecule is CN1C(=O)C[C@@H](CNC(=O)c2nccn3ccnc23)[C@@H]1c1ccncc1. The van der Waals surface area contributed by atoms with E-state index in [1.165, 1.54) is 0 Å². The normalized spacial score (nSPS) is 19.9. The summed E-state index contributed by atoms with van der Waals surface area (Å²) in [6.45, 7) is 0.380. The van der Waals surface area contributed by atoms with Crippen molar-refractivity contribution in [2.75, 3.05) is 13.6 Å². The van der Waals surface area contributed by atoms with Crippen LogP contribution >= 0.6 is 0 Å². The number of hydrogen-bond donors (Lipinski definition) is 1. The first kappa shape index (κ1) is 16.2. The molecule has 0 aliphatic carbocycles. The molecule has 2 amide bonds. The van der Waals surface area contributed by atoms with Crippen molar-refractivity contribution in [2.45, 2.75) is 12.5 Å². The summed E-state index contributed by atoms with van der Waals surface area (Å²) in [5, 5.41) is 2.91. The van der Waals surface area contributed by atoms with Crippen molar-refractivity contribution in [3.8, 4) is 0 Å². The molecule has 1 saturated heterocycles. The molecule has 1 fully saturated rings. The van der Waals surface area contributed by atoms with Gasteiger partial charge in [0.25, 0.3) is 5.91 Å². The number of carbonyl (C=O) groups excluding carboxylic acids is 2. The van der Waals surface area contributed by atoms with Gasteiger partial charge in [-0.2, -0.15) is 0 Å². The van der Waals surface area contributed by atoms with Crippen LogP contribution in [0.25, 0.3) is 5.65 Å². The standard InChI is InChI=1S/C18H18N6O2/c1-23-14(25)10-13(16(23)12-2-4-19-5-3-12)11-22-18(26)15-17-21-7-9-24(17)8-6-20-15/h2-9,13,16H,10-11H2,1H3,(H,22,26)/t13-,16-/m0/s1. The molecule has 8 nitrogen and oxygen atoms in total. The molecule has 0 bridgehead atoms. The van der Waals surface area contributed by atoms with Gasteiger partial charge in [-0.15, -0.1) is 0 Å². The average Bonchev–Trinajstić information content (AvgIpc) is 3.25. The lowest BCUT2D eigenvalue weighted by atomic mass is 9.94. The summed E-state index contributed by atoms with van der Waals surface area (Å²) in [4.78, 5) is 38.9. The van der Waals surface area contributed by atoms with Gasteiger partial charge in [0.15, 0.2) is 11.3 Å². The zero-order chi connectivity index (χ0) is 18.1. The van der Waals surface area contributed by atoms with Crippen LogP contribution in [0.4, 0.5) is 0 Å². The van der Waals surface area contributed by atoms with Gasteiger partial charge in [0.05, 0.1) is 6.04 Å². The lowest BCUT2D eigenvalue weighted by Crippen LogP contribution is -2.33. The zero-order valence-corrected chi connectivity index (χ0v) is 14.2. The number of nitrogens with zero attached hydrogens (tertiary/aromatic N) is 5. The summed E-state index contributed by atoms with van der Waals surface area (Å²) in [6, 6.07) is 3.73. The van der Waals surface area contributed by atoms with Gasteiger partial charge < -0.3 is 14.6 Å². The number of amides is 2. The highest BCUT2D eigenvalue weighted by Gasteiger charge is 2.38. The molecule has 26 heavy (non-hydrogen) atoms. The first-order valence-corrected chi connectivity index (χ1v) is 8.36. The number of pyridine rings is 1. The zero-order valence-electron chi connectivity index (χ0n) is 14.2. The summed E-state index contributed by atoms with van der Waals surface area (Å²) < 4.78 is 1.74. The maximum atomic E-state index is 12.6. The minimum absolute atomic E-state index is 0.0154. The maximum Gasteiger partial charge on any atom is 0.273 e. The topological polar surface area (TPSA) is 92.5 Å². The summed E-state index contributed by atoms with van der Waals surface area (Å²) in [5.74, 6) is -0.241. The molecule has 1 aliphatic rings. The van der Waals surface area contributed by atoms with E-state index in [9.17, 15) is 9.59 Å². The first-order chi connectivity index (χ1) is 12.6. The van der Waals surface area contributed by atoms with Gasteiger partial charge in [0.2, 0.25) is 5.91 Å². The second kappa shape index (κ2) is 6.55. The fourth-order valence-corrected chi connectivity index (χ4v) is 3.51. The molecule has 0 radical (unpaired) electrons. The third-order valence-electron chi connectivity index (χ3n) is 4.79. The second-order valence-electron chi connectivity index (χ2n) is 6.34. The Bertz CT molecular complexity index is 954. The molecule has 1 N–H and O–H groups in total. The first-order valence-electron chi connectivity index (χ1n) is 8.36. The van der Waals surface area contributed by atoms with E-state index in [-0.39, 0.29) is 29.5 Å². The van der Waals surface area contributed by atoms with Gasteiger partial charge in [-0.3, -0.25) is 14.6 Å². The molecule has 4 heterocycles. The number of nitrogens with one attached hydrogen (secondary N) is 1. The lowest BCUT2D eigenvalue weighted by Gasteiger charge is -2.25. The molecule has 2 atom stereocenters. The van der Waals surface area contributed by atoms with Gasteiger partial charge in [0, 0.05) is 63.1 Å². The van der Waals surface area contributed by atoms with E-state index in [2.05, 4.69) is 20.3 Å². The molecule has 0 spiro atoms. The Balaban J connectivity index is 1.52. The Hall–Kier alpha value is -3.29. The number of carbonyl (C=O) groups is 2. The van der Waals surface area contributed by atoms with E-state index >= 15 is 0 Å². The highest BCUT2D eigenvalue weighted by Crippen LogP contribution is 2.36. The van der Waals surface area contributed by atoms with Crippen LogP contribution in [0.3, 0.4) is 0 Å². The van der Waals surface area contributed by atoms with Crippen LogP contribution in [0, 0.1) is 5.92 Å². The maximum absolute atomic E-state index is 12.6. The molecule has 4 rings (SSSR count). The fraction of sp³-hybridized carbons (Fsp3) is 0.278. The molecule has 0 unspecified atom stereocenters. The molecular formula is C18H18N6O2. The number of fused-ring (bicyclic) bond motifs is 1. The van der Waals surface area contributed by atoms with Crippen LogP contribution in [0.15, 0.2) is 49.3 Å². The number of aromatic nitrogens is 4. The van der Waals surface area contributed by atoms with E-state index < -0.39 is 0 Å². The highest BCUT2D eigenvalue weighted by atomic mass is 16.2. The monoisotopic (exact) mass is 350 g/mol. The molecule has 132 valence electrons. The van der Waals surface area contributed by atoms with Gasteiger partial charge in [-0.1, -0.05) is 0 Å². The Kier molecular flexibility index (Phi) is 4.08. The van der Waals surface area contributed by atoms with E-state index in [0.29, 0.717) is 18.6 Å². The number of hydrogen-bond acceptors (Lipinski definition) is 5. The predicted molar refractivity (Wildman–Crippen MR) is 93.2 cm³/mol. The highest BCUT2D eigenvalue weighted by molar-refractivity contribution is 5.97. The number of imidazole rings is 1. The van der Waals surface area contributed by atoms with Crippen molar-refractivity contribution >= 4 is 17.5 Å². The van der Waals surface area contributed by atoms with Gasteiger partial charge in [-0.25, -0.2) is 9.97 Å². The van der Waals surface area contributed by atoms with Gasteiger partial charge >= 0.3 is 0 Å². The van der Waals surface area contributed by atoms with Gasteiger partial charge in [0.1, 0.15) is 0 Å². The number of rotatable bonds is 4. The van der Waals surface area contributed by atoms with Crippen molar-refractivity contribution in [1.82, 2.24) is 29.6 Å². The Labute approximate surface area is 149 Å². The third kappa shape index (κ3) is 2.79. The van der Waals surface area contributed by atoms with E-state index in [0.717, 1.165) is 5.56 Å². The molecule has 3 aromatic heterocycles. The molecule has 0 aromatic carbocycles. The molecule has 8 heteroatoms. The van der Waals surface area contributed by atoms with Crippen LogP contribution in [0.2, 0.25) is 0 Å². The van der Waals surface area contributed by atoms with Crippen molar-refractivity contribution < 1.29 is 9.59 Å². The summed E-state index contributed by atoms with van der Waals surface area (Å²) >= 11 is 0. The van der Waals surface area contributed by atoms with E-state index in [1.54, 1.807) is 53.5 Å². The van der Waals surface area contributed by atoms with E-state index in [1.807, 2.05) is 12.1 Å². The average molecular weight is 350 g/mol. The van der Waals surface area contributed by atoms with Crippen molar-refractivity contribution in [3.63, 3.8) is 0 Å². The van der Waals surface area contributed by atoms with Crippen LogP contribution in [0.1, 0.15) is 28.5 Å². The minimum atomic E-state index is -0.294. The van der Waals surface area contributed by atoms with Crippen LogP contribution in [-0.4, -0.2) is 49.7 Å². The minimum Gasteiger partial charge on any atom is -0.350 e. The van der Waals surface area contributed by atoms with Crippen molar-refractivity contribution in [2.24, 2.45) is 5.92 Å². The summed E-state index contributed by atoms with van der Waals surface area (Å²) in [6.07, 6.45) is 10.5. The van der Waals surface area contributed by atoms with E-state index in [4.69, 9.17) is 0 Å². The largest absolute Gasteiger partial charge is 0.350 e. The lowest BCUT2D eigenvalue weighted by molar-refractivity contribution is -0.127. The van der Waals surface area contributed by atoms with Crippen molar-refractivity contribution in [1.29, 1.82) is 0 Å². The molecule has 1 aliphatic heterocycles. The molecule has 0 saturated carbocycles. The van der Waals surface area contributed by atoms with Crippen molar-refractivity contribution in [3.05, 3.63) is 60.6 Å². The fourth-order valence-electron chi connectivity index (χ4n) is 3.51. The summed E-state index contributed by atoms with van der Waals surface area (Å²) in [5.41, 5.74) is 1.80. The quantitative estimate of drug-likeness (QED) is 0.760. The van der Waals surface area contributed by atoms with Crippen LogP contribution in [-0.2, 0) is 4.79 Å². The second-order valence-corrected chi connectivity index (χ2v) is 6.34. The molecule has 3 aromatic rings. The Morgan fingerprint density at radius 3 is 2.69 bits per heavy atom. The smallest absolute Gasteiger partial charge is 0.273 e. The van der Waals surface area contributed by atoms with Gasteiger partial charge in [-0.05, 0) is 17.7 Å². The third-order valence-corrected chi connectivity index (χ3v) is 4.79.